The molecular formula is C15H23N3. The minimum Gasteiger partial charge on any atom is -0.309 e. The van der Waals surface area contributed by atoms with Gasteiger partial charge >= 0.3 is 0 Å². The highest BCUT2D eigenvalue weighted by Crippen LogP contribution is 2.34. The van der Waals surface area contributed by atoms with Crippen molar-refractivity contribution >= 4 is 5.52 Å². The number of pyridine rings is 1. The van der Waals surface area contributed by atoms with E-state index in [1.807, 2.05) is 23.0 Å². The third-order valence-electron chi connectivity index (χ3n) is 3.23. The molecule has 0 fully saturated rings. The highest BCUT2D eigenvalue weighted by molar-refractivity contribution is 5.55. The van der Waals surface area contributed by atoms with Gasteiger partial charge in [0.25, 0.3) is 0 Å². The van der Waals surface area contributed by atoms with Gasteiger partial charge in [0, 0.05) is 17.8 Å². The largest absolute Gasteiger partial charge is 0.309 e. The summed E-state index contributed by atoms with van der Waals surface area (Å²) in [6.45, 7) is 10.0. The lowest BCUT2D eigenvalue weighted by atomic mass is 9.82. The zero-order valence-electron chi connectivity index (χ0n) is 11.8. The molecule has 0 bridgehead atoms. The van der Waals surface area contributed by atoms with Crippen LogP contribution in [0.25, 0.3) is 5.52 Å². The van der Waals surface area contributed by atoms with Gasteiger partial charge in [0.05, 0.1) is 11.7 Å². The highest BCUT2D eigenvalue weighted by Gasteiger charge is 2.27. The molecule has 0 aliphatic rings. The second-order valence-corrected chi connectivity index (χ2v) is 5.88. The maximum Gasteiger partial charge on any atom is 0.0709 e. The fourth-order valence-corrected chi connectivity index (χ4v) is 2.35. The fraction of sp³-hybridized carbons (Fsp3) is 0.533. The van der Waals surface area contributed by atoms with E-state index in [0.717, 1.165) is 13.0 Å². The minimum atomic E-state index is 0.175. The molecule has 2 aromatic heterocycles. The van der Waals surface area contributed by atoms with Crippen LogP contribution in [0.3, 0.4) is 0 Å². The molecule has 3 heteroatoms. The van der Waals surface area contributed by atoms with Crippen LogP contribution >= 0.6 is 0 Å². The zero-order valence-corrected chi connectivity index (χ0v) is 11.8. The van der Waals surface area contributed by atoms with E-state index in [0.29, 0.717) is 6.04 Å². The third-order valence-corrected chi connectivity index (χ3v) is 3.23. The first-order valence-corrected chi connectivity index (χ1v) is 6.69. The molecule has 0 aliphatic carbocycles. The molecule has 3 nitrogen and oxygen atoms in total. The molecule has 2 rings (SSSR count). The molecule has 2 aromatic rings. The second kappa shape index (κ2) is 5.11. The predicted molar refractivity (Wildman–Crippen MR) is 75.7 cm³/mol. The van der Waals surface area contributed by atoms with E-state index in [9.17, 15) is 0 Å². The summed E-state index contributed by atoms with van der Waals surface area (Å²) in [4.78, 5) is 0. The molecule has 2 heterocycles. The summed E-state index contributed by atoms with van der Waals surface area (Å²) in [5.74, 6) is 0. The van der Waals surface area contributed by atoms with Gasteiger partial charge < -0.3 is 5.32 Å². The molecule has 1 atom stereocenters. The summed E-state index contributed by atoms with van der Waals surface area (Å²) < 4.78 is 1.95. The smallest absolute Gasteiger partial charge is 0.0709 e. The van der Waals surface area contributed by atoms with Gasteiger partial charge in [0.15, 0.2) is 0 Å². The predicted octanol–water partition coefficient (Wildman–Crippen LogP) is 3.42. The lowest BCUT2D eigenvalue weighted by Gasteiger charge is -2.31. The van der Waals surface area contributed by atoms with Crippen LogP contribution in [-0.4, -0.2) is 16.2 Å². The lowest BCUT2D eigenvalue weighted by molar-refractivity contribution is 0.275. The zero-order chi connectivity index (χ0) is 13.2. The maximum atomic E-state index is 4.44. The first-order chi connectivity index (χ1) is 8.54. The Kier molecular flexibility index (Phi) is 3.71. The summed E-state index contributed by atoms with van der Waals surface area (Å²) >= 11 is 0. The van der Waals surface area contributed by atoms with E-state index in [1.165, 1.54) is 11.1 Å². The molecule has 18 heavy (non-hydrogen) atoms. The van der Waals surface area contributed by atoms with E-state index in [2.05, 4.69) is 50.2 Å². The Bertz CT molecular complexity index is 508. The van der Waals surface area contributed by atoms with Gasteiger partial charge in [-0.2, -0.15) is 5.10 Å². The minimum absolute atomic E-state index is 0.175. The molecule has 0 saturated carbocycles. The number of nitrogens with zero attached hydrogens (tertiary/aromatic N) is 2. The molecule has 1 unspecified atom stereocenters. The highest BCUT2D eigenvalue weighted by atomic mass is 15.2. The van der Waals surface area contributed by atoms with Crippen molar-refractivity contribution in [2.75, 3.05) is 6.54 Å². The molecule has 1 N–H and O–H groups in total. The van der Waals surface area contributed by atoms with Crippen LogP contribution < -0.4 is 5.32 Å². The number of hydrogen-bond acceptors (Lipinski definition) is 2. The number of rotatable bonds is 4. The molecular weight excluding hydrogens is 222 g/mol. The van der Waals surface area contributed by atoms with Gasteiger partial charge in [-0.05, 0) is 30.5 Å². The number of hydrogen-bond donors (Lipinski definition) is 1. The first kappa shape index (κ1) is 13.1. The van der Waals surface area contributed by atoms with Crippen LogP contribution in [0.2, 0.25) is 0 Å². The Labute approximate surface area is 109 Å². The first-order valence-electron chi connectivity index (χ1n) is 6.69. The number of nitrogens with one attached hydrogen (secondary N) is 1. The van der Waals surface area contributed by atoms with Crippen molar-refractivity contribution in [3.05, 3.63) is 36.2 Å². The summed E-state index contributed by atoms with van der Waals surface area (Å²) in [6, 6.07) is 6.54. The molecule has 0 saturated heterocycles. The molecule has 0 radical (unpaired) electrons. The molecule has 0 amide bonds. The Hall–Kier alpha value is -1.35. The lowest BCUT2D eigenvalue weighted by Crippen LogP contribution is -2.32. The normalized spacial score (nSPS) is 14.0. The van der Waals surface area contributed by atoms with Crippen molar-refractivity contribution in [3.63, 3.8) is 0 Å². The van der Waals surface area contributed by atoms with E-state index < -0.39 is 0 Å². The van der Waals surface area contributed by atoms with Crippen LogP contribution in [0.5, 0.6) is 0 Å². The summed E-state index contributed by atoms with van der Waals surface area (Å²) in [6.07, 6.45) is 5.14. The Morgan fingerprint density at radius 1 is 1.33 bits per heavy atom. The molecule has 0 spiro atoms. The summed E-state index contributed by atoms with van der Waals surface area (Å²) in [7, 11) is 0. The Balaban J connectivity index is 2.41. The topological polar surface area (TPSA) is 29.3 Å². The van der Waals surface area contributed by atoms with E-state index in [1.54, 1.807) is 0 Å². The van der Waals surface area contributed by atoms with Crippen LogP contribution in [0, 0.1) is 5.41 Å². The molecule has 0 aliphatic heterocycles. The van der Waals surface area contributed by atoms with Crippen LogP contribution in [-0.2, 0) is 0 Å². The monoisotopic (exact) mass is 245 g/mol. The van der Waals surface area contributed by atoms with Crippen LogP contribution in [0.15, 0.2) is 30.6 Å². The Morgan fingerprint density at radius 3 is 2.78 bits per heavy atom. The SMILES string of the molecule is CCCNC(c1cnn2ccccc12)C(C)(C)C. The molecule has 98 valence electrons. The maximum absolute atomic E-state index is 4.44. The van der Waals surface area contributed by atoms with Crippen molar-refractivity contribution in [2.45, 2.75) is 40.2 Å². The summed E-state index contributed by atoms with van der Waals surface area (Å²) in [5, 5.41) is 8.09. The van der Waals surface area contributed by atoms with Crippen LogP contribution in [0.1, 0.15) is 45.7 Å². The van der Waals surface area contributed by atoms with Gasteiger partial charge in [0.1, 0.15) is 0 Å². The van der Waals surface area contributed by atoms with Gasteiger partial charge in [-0.25, -0.2) is 4.52 Å². The van der Waals surface area contributed by atoms with Gasteiger partial charge in [-0.15, -0.1) is 0 Å². The van der Waals surface area contributed by atoms with E-state index >= 15 is 0 Å². The van der Waals surface area contributed by atoms with Gasteiger partial charge in [-0.1, -0.05) is 33.8 Å². The summed E-state index contributed by atoms with van der Waals surface area (Å²) in [5.41, 5.74) is 2.66. The quantitative estimate of drug-likeness (QED) is 0.894. The average Bonchev–Trinajstić information content (AvgIpc) is 2.72. The van der Waals surface area contributed by atoms with Crippen LogP contribution in [0.4, 0.5) is 0 Å². The Morgan fingerprint density at radius 2 is 2.11 bits per heavy atom. The van der Waals surface area contributed by atoms with Gasteiger partial charge in [0.2, 0.25) is 0 Å². The van der Waals surface area contributed by atoms with Crippen molar-refractivity contribution in [1.82, 2.24) is 14.9 Å². The standard InChI is InChI=1S/C15H23N3/c1-5-9-16-14(15(2,3)4)12-11-17-18-10-7-6-8-13(12)18/h6-8,10-11,14,16H,5,9H2,1-4H3. The fourth-order valence-electron chi connectivity index (χ4n) is 2.35. The van der Waals surface area contributed by atoms with Crippen molar-refractivity contribution in [3.8, 4) is 0 Å². The van der Waals surface area contributed by atoms with E-state index in [-0.39, 0.29) is 5.41 Å². The average molecular weight is 245 g/mol. The number of aromatic nitrogens is 2. The van der Waals surface area contributed by atoms with Gasteiger partial charge in [-0.3, -0.25) is 0 Å². The second-order valence-electron chi connectivity index (χ2n) is 5.88. The van der Waals surface area contributed by atoms with E-state index in [4.69, 9.17) is 0 Å². The van der Waals surface area contributed by atoms with Crippen molar-refractivity contribution in [1.29, 1.82) is 0 Å². The number of fused-ring (bicyclic) bond motifs is 1. The van der Waals surface area contributed by atoms with Crippen molar-refractivity contribution in [2.24, 2.45) is 5.41 Å². The third kappa shape index (κ3) is 2.56. The molecule has 0 aromatic carbocycles. The van der Waals surface area contributed by atoms with Crippen molar-refractivity contribution < 1.29 is 0 Å².